The second-order valence-corrected chi connectivity index (χ2v) is 3.74. The van der Waals surface area contributed by atoms with Gasteiger partial charge in [-0.1, -0.05) is 17.7 Å². The monoisotopic (exact) mass is 176 g/mol. The van der Waals surface area contributed by atoms with Gasteiger partial charge in [0.15, 0.2) is 0 Å². The van der Waals surface area contributed by atoms with Crippen LogP contribution >= 0.6 is 7.76 Å². The highest BCUT2D eigenvalue weighted by Crippen LogP contribution is 2.47. The second-order valence-electron chi connectivity index (χ2n) is 2.30. The van der Waals surface area contributed by atoms with Crippen molar-refractivity contribution in [2.75, 3.05) is 0 Å². The van der Waals surface area contributed by atoms with Crippen LogP contribution in [-0.4, -0.2) is 0 Å². The van der Waals surface area contributed by atoms with Crippen LogP contribution in [0.5, 0.6) is 0 Å². The standard InChI is InChI=1S/C7H7F2OP/c1-6-3-2-4-7(5-6)11(8,9)10/h2-5H,1H3. The number of rotatable bonds is 1. The molecule has 0 radical (unpaired) electrons. The summed E-state index contributed by atoms with van der Waals surface area (Å²) in [5.74, 6) is 0. The zero-order valence-electron chi connectivity index (χ0n) is 5.92. The molecular formula is C7H7F2OP. The van der Waals surface area contributed by atoms with Crippen LogP contribution < -0.4 is 5.30 Å². The number of aryl methyl sites for hydroxylation is 1. The van der Waals surface area contributed by atoms with E-state index < -0.39 is 7.76 Å². The molecule has 0 amide bonds. The van der Waals surface area contributed by atoms with Crippen LogP contribution in [0.1, 0.15) is 5.56 Å². The van der Waals surface area contributed by atoms with E-state index in [4.69, 9.17) is 0 Å². The molecule has 4 heteroatoms. The van der Waals surface area contributed by atoms with Crippen LogP contribution in [0.3, 0.4) is 0 Å². The first-order valence-electron chi connectivity index (χ1n) is 3.07. The average molecular weight is 176 g/mol. The molecule has 0 atom stereocenters. The van der Waals surface area contributed by atoms with Gasteiger partial charge in [-0.25, -0.2) is 4.57 Å². The maximum atomic E-state index is 12.2. The van der Waals surface area contributed by atoms with Crippen LogP contribution in [0, 0.1) is 6.92 Å². The summed E-state index contributed by atoms with van der Waals surface area (Å²) in [6.07, 6.45) is 0. The Hall–Kier alpha value is -0.690. The van der Waals surface area contributed by atoms with Gasteiger partial charge in [-0.05, 0) is 19.1 Å². The first-order valence-corrected chi connectivity index (χ1v) is 4.55. The molecule has 0 aliphatic carbocycles. The largest absolute Gasteiger partial charge is 0.433 e. The number of hydrogen-bond acceptors (Lipinski definition) is 1. The summed E-state index contributed by atoms with van der Waals surface area (Å²) in [7, 11) is -5.05. The van der Waals surface area contributed by atoms with Crippen molar-refractivity contribution in [1.29, 1.82) is 0 Å². The summed E-state index contributed by atoms with van der Waals surface area (Å²) in [5.41, 5.74) is 0.693. The van der Waals surface area contributed by atoms with E-state index in [1.54, 1.807) is 13.0 Å². The highest BCUT2D eigenvalue weighted by Gasteiger charge is 2.21. The molecular weight excluding hydrogens is 169 g/mol. The molecule has 1 nitrogen and oxygen atoms in total. The quantitative estimate of drug-likeness (QED) is 0.601. The van der Waals surface area contributed by atoms with Crippen molar-refractivity contribution in [2.45, 2.75) is 6.92 Å². The number of hydrogen-bond donors (Lipinski definition) is 0. The van der Waals surface area contributed by atoms with Gasteiger partial charge in [-0.3, -0.25) is 0 Å². The van der Waals surface area contributed by atoms with Gasteiger partial charge in [0.05, 0.1) is 5.30 Å². The van der Waals surface area contributed by atoms with Gasteiger partial charge in [-0.15, -0.1) is 8.39 Å². The van der Waals surface area contributed by atoms with E-state index >= 15 is 0 Å². The van der Waals surface area contributed by atoms with E-state index in [0.717, 1.165) is 0 Å². The topological polar surface area (TPSA) is 17.1 Å². The highest BCUT2D eigenvalue weighted by atomic mass is 31.2. The van der Waals surface area contributed by atoms with Crippen LogP contribution in [0.25, 0.3) is 0 Å². The Morgan fingerprint density at radius 2 is 2.00 bits per heavy atom. The molecule has 1 aromatic rings. The molecule has 0 aliphatic heterocycles. The molecule has 0 heterocycles. The lowest BCUT2D eigenvalue weighted by molar-refractivity contribution is 0.507. The Bertz CT molecular complexity index is 305. The fourth-order valence-electron chi connectivity index (χ4n) is 0.790. The molecule has 0 aromatic heterocycles. The molecule has 0 spiro atoms. The predicted molar refractivity (Wildman–Crippen MR) is 40.6 cm³/mol. The zero-order valence-corrected chi connectivity index (χ0v) is 6.82. The molecule has 0 unspecified atom stereocenters. The normalized spacial score (nSPS) is 11.5. The zero-order chi connectivity index (χ0) is 8.48. The summed E-state index contributed by atoms with van der Waals surface area (Å²) in [6.45, 7) is 1.68. The van der Waals surface area contributed by atoms with E-state index in [9.17, 15) is 13.0 Å². The molecule has 0 aliphatic rings. The lowest BCUT2D eigenvalue weighted by Crippen LogP contribution is -1.97. The van der Waals surface area contributed by atoms with Gasteiger partial charge in [0.2, 0.25) is 0 Å². The summed E-state index contributed by atoms with van der Waals surface area (Å²) < 4.78 is 34.6. The lowest BCUT2D eigenvalue weighted by Gasteiger charge is -1.98. The van der Waals surface area contributed by atoms with Gasteiger partial charge in [0.25, 0.3) is 0 Å². The van der Waals surface area contributed by atoms with Gasteiger partial charge >= 0.3 is 7.76 Å². The van der Waals surface area contributed by atoms with E-state index in [1.165, 1.54) is 18.2 Å². The minimum atomic E-state index is -5.05. The van der Waals surface area contributed by atoms with Crippen LogP contribution in [0.15, 0.2) is 24.3 Å². The fourth-order valence-corrected chi connectivity index (χ4v) is 1.40. The van der Waals surface area contributed by atoms with Crippen molar-refractivity contribution >= 4 is 13.1 Å². The Morgan fingerprint density at radius 1 is 1.36 bits per heavy atom. The summed E-state index contributed by atoms with van der Waals surface area (Å²) in [4.78, 5) is 0. The van der Waals surface area contributed by atoms with Crippen molar-refractivity contribution in [3.8, 4) is 0 Å². The Balaban J connectivity index is 3.17. The molecule has 0 N–H and O–H groups in total. The Kier molecular flexibility index (Phi) is 2.10. The van der Waals surface area contributed by atoms with Gasteiger partial charge in [-0.2, -0.15) is 0 Å². The Morgan fingerprint density at radius 3 is 2.36 bits per heavy atom. The number of halogens is 2. The first-order chi connectivity index (χ1) is 5.00. The van der Waals surface area contributed by atoms with Gasteiger partial charge in [0, 0.05) is 0 Å². The average Bonchev–Trinajstić information content (AvgIpc) is 1.86. The summed E-state index contributed by atoms with van der Waals surface area (Å²) in [6, 6.07) is 5.56. The van der Waals surface area contributed by atoms with Crippen molar-refractivity contribution < 1.29 is 13.0 Å². The minimum absolute atomic E-state index is 0.363. The molecule has 0 fully saturated rings. The predicted octanol–water partition coefficient (Wildman–Crippen LogP) is 2.75. The third-order valence-corrected chi connectivity index (χ3v) is 2.18. The Labute approximate surface area is 63.7 Å². The first kappa shape index (κ1) is 8.41. The van der Waals surface area contributed by atoms with E-state index in [-0.39, 0.29) is 5.30 Å². The van der Waals surface area contributed by atoms with Crippen LogP contribution in [-0.2, 0) is 4.57 Å². The van der Waals surface area contributed by atoms with Crippen molar-refractivity contribution in [1.82, 2.24) is 0 Å². The minimum Gasteiger partial charge on any atom is -0.244 e. The third-order valence-electron chi connectivity index (χ3n) is 1.30. The smallest absolute Gasteiger partial charge is 0.244 e. The van der Waals surface area contributed by atoms with Crippen LogP contribution in [0.4, 0.5) is 8.39 Å². The maximum absolute atomic E-state index is 12.2. The maximum Gasteiger partial charge on any atom is 0.433 e. The van der Waals surface area contributed by atoms with Crippen molar-refractivity contribution in [3.05, 3.63) is 29.8 Å². The second kappa shape index (κ2) is 2.74. The lowest BCUT2D eigenvalue weighted by atomic mass is 10.2. The summed E-state index contributed by atoms with van der Waals surface area (Å²) in [5, 5.41) is -0.363. The third kappa shape index (κ3) is 2.12. The molecule has 0 saturated heterocycles. The van der Waals surface area contributed by atoms with Crippen LogP contribution in [0.2, 0.25) is 0 Å². The van der Waals surface area contributed by atoms with Gasteiger partial charge < -0.3 is 0 Å². The van der Waals surface area contributed by atoms with E-state index in [0.29, 0.717) is 5.56 Å². The molecule has 0 bridgehead atoms. The molecule has 1 aromatic carbocycles. The van der Waals surface area contributed by atoms with Gasteiger partial charge in [0.1, 0.15) is 0 Å². The van der Waals surface area contributed by atoms with Crippen molar-refractivity contribution in [3.63, 3.8) is 0 Å². The molecule has 1 rings (SSSR count). The molecule has 11 heavy (non-hydrogen) atoms. The SMILES string of the molecule is Cc1cccc(P(=O)(F)F)c1. The highest BCUT2D eigenvalue weighted by molar-refractivity contribution is 7.61. The fraction of sp³-hybridized carbons (Fsp3) is 0.143. The molecule has 60 valence electrons. The number of benzene rings is 1. The van der Waals surface area contributed by atoms with E-state index in [2.05, 4.69) is 0 Å². The summed E-state index contributed by atoms with van der Waals surface area (Å²) >= 11 is 0. The van der Waals surface area contributed by atoms with Crippen molar-refractivity contribution in [2.24, 2.45) is 0 Å². The molecule has 0 saturated carbocycles. The van der Waals surface area contributed by atoms with E-state index in [1.807, 2.05) is 0 Å².